The Morgan fingerprint density at radius 1 is 1.50 bits per heavy atom. The first-order valence-corrected chi connectivity index (χ1v) is 6.71. The molecule has 0 radical (unpaired) electrons. The number of pyridine rings is 1. The maximum Gasteiger partial charge on any atom is 0.103 e. The molecule has 16 heavy (non-hydrogen) atoms. The van der Waals surface area contributed by atoms with Crippen LogP contribution in [0.25, 0.3) is 0 Å². The zero-order valence-electron chi connectivity index (χ0n) is 9.15. The summed E-state index contributed by atoms with van der Waals surface area (Å²) in [5.74, 6) is 3.29. The normalized spacial score (nSPS) is 16.7. The van der Waals surface area contributed by atoms with E-state index < -0.39 is 0 Å². The predicted molar refractivity (Wildman–Crippen MR) is 67.5 cm³/mol. The van der Waals surface area contributed by atoms with Gasteiger partial charge in [0.25, 0.3) is 0 Å². The first-order valence-electron chi connectivity index (χ1n) is 5.56. The van der Waals surface area contributed by atoms with Crippen molar-refractivity contribution in [2.75, 3.05) is 23.4 Å². The Morgan fingerprint density at radius 2 is 2.31 bits per heavy atom. The maximum absolute atomic E-state index is 8.92. The van der Waals surface area contributed by atoms with Gasteiger partial charge in [-0.1, -0.05) is 0 Å². The van der Waals surface area contributed by atoms with Crippen molar-refractivity contribution in [1.82, 2.24) is 4.98 Å². The summed E-state index contributed by atoms with van der Waals surface area (Å²) in [5.41, 5.74) is 1.54. The number of anilines is 1. The number of nitrogens with zero attached hydrogens (tertiary/aromatic N) is 2. The Morgan fingerprint density at radius 3 is 3.06 bits per heavy atom. The summed E-state index contributed by atoms with van der Waals surface area (Å²) in [6.45, 7) is 0.971. The van der Waals surface area contributed by atoms with Crippen LogP contribution in [0, 0.1) is 17.2 Å². The van der Waals surface area contributed by atoms with Crippen molar-refractivity contribution in [2.24, 2.45) is 5.92 Å². The second-order valence-corrected chi connectivity index (χ2v) is 5.19. The Kier molecular flexibility index (Phi) is 4.06. The summed E-state index contributed by atoms with van der Waals surface area (Å²) in [6.07, 6.45) is 5.90. The molecule has 1 aliphatic heterocycles. The average molecular weight is 233 g/mol. The van der Waals surface area contributed by atoms with Crippen LogP contribution < -0.4 is 5.32 Å². The van der Waals surface area contributed by atoms with Crippen molar-refractivity contribution in [2.45, 2.75) is 12.8 Å². The molecule has 1 saturated heterocycles. The fourth-order valence-electron chi connectivity index (χ4n) is 1.84. The summed E-state index contributed by atoms with van der Waals surface area (Å²) >= 11 is 2.04. The van der Waals surface area contributed by atoms with Crippen LogP contribution >= 0.6 is 11.8 Å². The van der Waals surface area contributed by atoms with Crippen molar-refractivity contribution in [3.05, 3.63) is 24.0 Å². The van der Waals surface area contributed by atoms with Gasteiger partial charge in [-0.05, 0) is 36.3 Å². The number of aromatic nitrogens is 1. The van der Waals surface area contributed by atoms with Gasteiger partial charge in [-0.3, -0.25) is 4.98 Å². The summed E-state index contributed by atoms with van der Waals surface area (Å²) in [4.78, 5) is 3.95. The molecule has 1 aromatic heterocycles. The molecule has 2 heterocycles. The van der Waals surface area contributed by atoms with Gasteiger partial charge in [0, 0.05) is 18.9 Å². The lowest BCUT2D eigenvalue weighted by Crippen LogP contribution is -2.19. The van der Waals surface area contributed by atoms with Gasteiger partial charge in [-0.2, -0.15) is 17.0 Å². The van der Waals surface area contributed by atoms with Gasteiger partial charge >= 0.3 is 0 Å². The van der Waals surface area contributed by atoms with E-state index in [0.29, 0.717) is 5.56 Å². The SMILES string of the molecule is N#Cc1cnccc1NCC1CCSCC1. The molecule has 0 bridgehead atoms. The minimum Gasteiger partial charge on any atom is -0.384 e. The number of hydrogen-bond donors (Lipinski definition) is 1. The maximum atomic E-state index is 8.92. The van der Waals surface area contributed by atoms with E-state index in [1.54, 1.807) is 12.4 Å². The van der Waals surface area contributed by atoms with E-state index in [-0.39, 0.29) is 0 Å². The summed E-state index contributed by atoms with van der Waals surface area (Å²) < 4.78 is 0. The minimum absolute atomic E-state index is 0.632. The molecule has 0 unspecified atom stereocenters. The lowest BCUT2D eigenvalue weighted by molar-refractivity contribution is 0.516. The highest BCUT2D eigenvalue weighted by Crippen LogP contribution is 2.23. The molecule has 0 amide bonds. The summed E-state index contributed by atoms with van der Waals surface area (Å²) in [6, 6.07) is 4.03. The molecule has 1 aromatic rings. The third-order valence-corrected chi connectivity index (χ3v) is 3.91. The molecular formula is C12H15N3S. The van der Waals surface area contributed by atoms with E-state index in [0.717, 1.165) is 18.2 Å². The first-order chi connectivity index (χ1) is 7.90. The van der Waals surface area contributed by atoms with E-state index in [1.807, 2.05) is 17.8 Å². The molecule has 1 aliphatic rings. The Balaban J connectivity index is 1.91. The van der Waals surface area contributed by atoms with Gasteiger partial charge in [0.1, 0.15) is 6.07 Å². The largest absolute Gasteiger partial charge is 0.384 e. The van der Waals surface area contributed by atoms with Crippen molar-refractivity contribution < 1.29 is 0 Å². The van der Waals surface area contributed by atoms with Crippen LogP contribution in [0.2, 0.25) is 0 Å². The standard InChI is InChI=1S/C12H15N3S/c13-7-11-9-14-4-1-12(11)15-8-10-2-5-16-6-3-10/h1,4,9-10H,2-3,5-6,8H2,(H,14,15). The molecule has 84 valence electrons. The predicted octanol–water partition coefficient (Wildman–Crippen LogP) is 2.51. The van der Waals surface area contributed by atoms with Gasteiger partial charge in [0.2, 0.25) is 0 Å². The van der Waals surface area contributed by atoms with Crippen molar-refractivity contribution in [3.8, 4) is 6.07 Å². The highest BCUT2D eigenvalue weighted by Gasteiger charge is 2.13. The second kappa shape index (κ2) is 5.76. The van der Waals surface area contributed by atoms with Gasteiger partial charge in [-0.25, -0.2) is 0 Å². The smallest absolute Gasteiger partial charge is 0.103 e. The van der Waals surface area contributed by atoms with E-state index in [9.17, 15) is 0 Å². The Hall–Kier alpha value is -1.21. The van der Waals surface area contributed by atoms with Gasteiger partial charge in [-0.15, -0.1) is 0 Å². The van der Waals surface area contributed by atoms with Gasteiger partial charge in [0.05, 0.1) is 11.3 Å². The van der Waals surface area contributed by atoms with E-state index >= 15 is 0 Å². The van der Waals surface area contributed by atoms with E-state index in [4.69, 9.17) is 5.26 Å². The summed E-state index contributed by atoms with van der Waals surface area (Å²) in [7, 11) is 0. The Bertz CT molecular complexity index is 380. The second-order valence-electron chi connectivity index (χ2n) is 3.97. The zero-order chi connectivity index (χ0) is 11.2. The highest BCUT2D eigenvalue weighted by atomic mass is 32.2. The minimum atomic E-state index is 0.632. The monoisotopic (exact) mass is 233 g/mol. The third-order valence-electron chi connectivity index (χ3n) is 2.86. The molecular weight excluding hydrogens is 218 g/mol. The number of rotatable bonds is 3. The molecule has 3 nitrogen and oxygen atoms in total. The van der Waals surface area contributed by atoms with Crippen molar-refractivity contribution in [3.63, 3.8) is 0 Å². The fourth-order valence-corrected chi connectivity index (χ4v) is 3.05. The topological polar surface area (TPSA) is 48.7 Å². The zero-order valence-corrected chi connectivity index (χ0v) is 9.96. The number of thioether (sulfide) groups is 1. The lowest BCUT2D eigenvalue weighted by Gasteiger charge is -2.22. The highest BCUT2D eigenvalue weighted by molar-refractivity contribution is 7.99. The lowest BCUT2D eigenvalue weighted by atomic mass is 10.0. The van der Waals surface area contributed by atoms with Crippen molar-refractivity contribution in [1.29, 1.82) is 5.26 Å². The van der Waals surface area contributed by atoms with Crippen LogP contribution in [-0.4, -0.2) is 23.0 Å². The molecule has 4 heteroatoms. The first kappa shape index (κ1) is 11.3. The van der Waals surface area contributed by atoms with Crippen LogP contribution in [0.5, 0.6) is 0 Å². The quantitative estimate of drug-likeness (QED) is 0.871. The number of nitriles is 1. The van der Waals surface area contributed by atoms with Crippen LogP contribution in [0.1, 0.15) is 18.4 Å². The van der Waals surface area contributed by atoms with Gasteiger partial charge in [0.15, 0.2) is 0 Å². The average Bonchev–Trinajstić information content (AvgIpc) is 2.38. The van der Waals surface area contributed by atoms with Crippen LogP contribution in [0.4, 0.5) is 5.69 Å². The number of hydrogen-bond acceptors (Lipinski definition) is 4. The molecule has 0 atom stereocenters. The number of nitrogens with one attached hydrogen (secondary N) is 1. The molecule has 0 aromatic carbocycles. The van der Waals surface area contributed by atoms with Gasteiger partial charge < -0.3 is 5.32 Å². The fraction of sp³-hybridized carbons (Fsp3) is 0.500. The van der Waals surface area contributed by atoms with Crippen LogP contribution in [0.3, 0.4) is 0 Å². The molecule has 0 spiro atoms. The van der Waals surface area contributed by atoms with E-state index in [1.165, 1.54) is 24.3 Å². The molecule has 2 rings (SSSR count). The molecule has 0 aliphatic carbocycles. The summed E-state index contributed by atoms with van der Waals surface area (Å²) in [5, 5.41) is 12.3. The van der Waals surface area contributed by atoms with Crippen molar-refractivity contribution >= 4 is 17.4 Å². The van der Waals surface area contributed by atoms with E-state index in [2.05, 4.69) is 16.4 Å². The Labute approximate surface area is 100 Å². The third kappa shape index (κ3) is 2.89. The van der Waals surface area contributed by atoms with Crippen LogP contribution in [0.15, 0.2) is 18.5 Å². The molecule has 1 N–H and O–H groups in total. The molecule has 0 saturated carbocycles. The molecule has 1 fully saturated rings. The van der Waals surface area contributed by atoms with Crippen LogP contribution in [-0.2, 0) is 0 Å².